The molecule has 2 aliphatic rings. The average molecular weight is 730 g/mol. The highest BCUT2D eigenvalue weighted by molar-refractivity contribution is 6.01. The van der Waals surface area contributed by atoms with Crippen LogP contribution in [0.15, 0.2) is 200 Å². The molecular weight excluding hydrogens is 687 g/mol. The van der Waals surface area contributed by atoms with E-state index in [0.717, 1.165) is 18.5 Å². The van der Waals surface area contributed by atoms with E-state index >= 15 is 0 Å². The zero-order chi connectivity index (χ0) is 38.1. The van der Waals surface area contributed by atoms with Crippen LogP contribution in [0.4, 0.5) is 17.1 Å². The standard InChI is InChI=1S/C56H43N/c1-3-55(4-2)50-28-16-15-27-46(50)47-32-30-44(37-52(47)55)57(54-29-17-21-38-18-13-14-26-45(38)54)43-31-33-51-49(36-43)48-34-39-19-11-12-20-40(39)35-53(48)56(51,41-22-7-5-8-23-41)42-24-9-6-10-25-42/h5-37H,3-4H2,1-2H3. The van der Waals surface area contributed by atoms with Crippen LogP contribution >= 0.6 is 0 Å². The molecule has 9 aromatic carbocycles. The van der Waals surface area contributed by atoms with Crippen LogP contribution in [-0.4, -0.2) is 0 Å². The van der Waals surface area contributed by atoms with Gasteiger partial charge in [0.15, 0.2) is 0 Å². The summed E-state index contributed by atoms with van der Waals surface area (Å²) in [6, 6.07) is 75.1. The predicted octanol–water partition coefficient (Wildman–Crippen LogP) is 14.9. The zero-order valence-electron chi connectivity index (χ0n) is 32.4. The maximum Gasteiger partial charge on any atom is 0.0713 e. The summed E-state index contributed by atoms with van der Waals surface area (Å²) >= 11 is 0. The monoisotopic (exact) mass is 729 g/mol. The highest BCUT2D eigenvalue weighted by atomic mass is 15.1. The molecule has 0 spiro atoms. The Morgan fingerprint density at radius 1 is 0.368 bits per heavy atom. The number of anilines is 3. The van der Waals surface area contributed by atoms with Gasteiger partial charge in [-0.3, -0.25) is 0 Å². The number of nitrogens with zero attached hydrogens (tertiary/aromatic N) is 1. The van der Waals surface area contributed by atoms with Gasteiger partial charge in [-0.25, -0.2) is 0 Å². The summed E-state index contributed by atoms with van der Waals surface area (Å²) in [6.07, 6.45) is 2.10. The highest BCUT2D eigenvalue weighted by Crippen LogP contribution is 2.59. The van der Waals surface area contributed by atoms with E-state index < -0.39 is 5.41 Å². The fourth-order valence-electron chi connectivity index (χ4n) is 10.7. The Balaban J connectivity index is 1.21. The number of fused-ring (bicyclic) bond motifs is 8. The fraction of sp³-hybridized carbons (Fsp3) is 0.107. The van der Waals surface area contributed by atoms with Gasteiger partial charge < -0.3 is 4.90 Å². The van der Waals surface area contributed by atoms with Gasteiger partial charge in [-0.1, -0.05) is 172 Å². The van der Waals surface area contributed by atoms with Gasteiger partial charge in [0, 0.05) is 22.2 Å². The number of hydrogen-bond donors (Lipinski definition) is 0. The minimum absolute atomic E-state index is 0.0325. The molecule has 0 amide bonds. The first-order chi connectivity index (χ1) is 28.2. The van der Waals surface area contributed by atoms with Crippen LogP contribution in [0.1, 0.15) is 60.1 Å². The van der Waals surface area contributed by atoms with Crippen molar-refractivity contribution in [3.8, 4) is 22.3 Å². The fourth-order valence-corrected chi connectivity index (χ4v) is 10.7. The van der Waals surface area contributed by atoms with E-state index in [9.17, 15) is 0 Å². The zero-order valence-corrected chi connectivity index (χ0v) is 32.4. The molecule has 0 saturated carbocycles. The molecule has 1 nitrogen and oxygen atoms in total. The van der Waals surface area contributed by atoms with Crippen molar-refractivity contribution in [3.63, 3.8) is 0 Å². The molecule has 0 aromatic heterocycles. The Hall–Kier alpha value is -6.70. The smallest absolute Gasteiger partial charge is 0.0713 e. The Morgan fingerprint density at radius 3 is 1.67 bits per heavy atom. The molecule has 0 aliphatic heterocycles. The lowest BCUT2D eigenvalue weighted by Gasteiger charge is -2.34. The van der Waals surface area contributed by atoms with Crippen LogP contribution in [0.5, 0.6) is 0 Å². The third kappa shape index (κ3) is 4.76. The van der Waals surface area contributed by atoms with E-state index in [1.165, 1.54) is 88.6 Å². The van der Waals surface area contributed by atoms with E-state index in [-0.39, 0.29) is 5.41 Å². The van der Waals surface area contributed by atoms with Crippen LogP contribution in [-0.2, 0) is 10.8 Å². The maximum atomic E-state index is 2.52. The molecule has 11 rings (SSSR count). The van der Waals surface area contributed by atoms with Gasteiger partial charge in [-0.2, -0.15) is 0 Å². The molecule has 0 bridgehead atoms. The Morgan fingerprint density at radius 2 is 0.930 bits per heavy atom. The average Bonchev–Trinajstić information content (AvgIpc) is 3.73. The van der Waals surface area contributed by atoms with Crippen LogP contribution in [0.3, 0.4) is 0 Å². The van der Waals surface area contributed by atoms with Crippen molar-refractivity contribution in [1.82, 2.24) is 0 Å². The van der Waals surface area contributed by atoms with Gasteiger partial charge >= 0.3 is 0 Å². The van der Waals surface area contributed by atoms with Crippen molar-refractivity contribution in [2.75, 3.05) is 4.90 Å². The third-order valence-corrected chi connectivity index (χ3v) is 13.4. The molecule has 0 heterocycles. The highest BCUT2D eigenvalue weighted by Gasteiger charge is 2.47. The van der Waals surface area contributed by atoms with Gasteiger partial charge in [0.25, 0.3) is 0 Å². The number of hydrogen-bond acceptors (Lipinski definition) is 1. The molecular formula is C56H43N. The van der Waals surface area contributed by atoms with Crippen LogP contribution in [0.25, 0.3) is 43.8 Å². The second-order valence-electron chi connectivity index (χ2n) is 15.9. The second kappa shape index (κ2) is 12.9. The molecule has 1 heteroatoms. The molecule has 0 radical (unpaired) electrons. The molecule has 0 saturated heterocycles. The lowest BCUT2D eigenvalue weighted by molar-refractivity contribution is 0.490. The van der Waals surface area contributed by atoms with E-state index in [1.807, 2.05) is 0 Å². The summed E-state index contributed by atoms with van der Waals surface area (Å²) in [6.45, 7) is 4.72. The molecule has 0 fully saturated rings. The number of rotatable bonds is 7. The van der Waals surface area contributed by atoms with Gasteiger partial charge in [0.1, 0.15) is 0 Å². The van der Waals surface area contributed by atoms with Crippen molar-refractivity contribution < 1.29 is 0 Å². The first-order valence-electron chi connectivity index (χ1n) is 20.5. The van der Waals surface area contributed by atoms with Crippen molar-refractivity contribution >= 4 is 38.6 Å². The molecule has 57 heavy (non-hydrogen) atoms. The van der Waals surface area contributed by atoms with Crippen molar-refractivity contribution in [3.05, 3.63) is 234 Å². The summed E-state index contributed by atoms with van der Waals surface area (Å²) in [5.41, 5.74) is 16.4. The first kappa shape index (κ1) is 33.6. The van der Waals surface area contributed by atoms with Gasteiger partial charge in [0.05, 0.1) is 11.1 Å². The van der Waals surface area contributed by atoms with E-state index in [0.29, 0.717) is 0 Å². The topological polar surface area (TPSA) is 3.24 Å². The summed E-state index contributed by atoms with van der Waals surface area (Å²) < 4.78 is 0. The van der Waals surface area contributed by atoms with Gasteiger partial charge in [-0.05, 0) is 127 Å². The molecule has 0 unspecified atom stereocenters. The lowest BCUT2D eigenvalue weighted by atomic mass is 9.67. The normalized spacial score (nSPS) is 14.2. The van der Waals surface area contributed by atoms with Crippen LogP contribution in [0, 0.1) is 0 Å². The van der Waals surface area contributed by atoms with E-state index in [1.54, 1.807) is 0 Å². The van der Waals surface area contributed by atoms with Crippen molar-refractivity contribution in [2.45, 2.75) is 37.5 Å². The van der Waals surface area contributed by atoms with Crippen molar-refractivity contribution in [1.29, 1.82) is 0 Å². The van der Waals surface area contributed by atoms with Gasteiger partial charge in [-0.15, -0.1) is 0 Å². The summed E-state index contributed by atoms with van der Waals surface area (Å²) in [5.74, 6) is 0. The Labute approximate surface area is 335 Å². The molecule has 0 atom stereocenters. The van der Waals surface area contributed by atoms with Crippen molar-refractivity contribution in [2.24, 2.45) is 0 Å². The second-order valence-corrected chi connectivity index (χ2v) is 15.9. The third-order valence-electron chi connectivity index (χ3n) is 13.4. The quantitative estimate of drug-likeness (QED) is 0.158. The predicted molar refractivity (Wildman–Crippen MR) is 240 cm³/mol. The van der Waals surface area contributed by atoms with E-state index in [2.05, 4.69) is 219 Å². The number of benzene rings is 9. The molecule has 272 valence electrons. The summed E-state index contributed by atoms with van der Waals surface area (Å²) in [7, 11) is 0. The Kier molecular flexibility index (Phi) is 7.63. The lowest BCUT2D eigenvalue weighted by Crippen LogP contribution is -2.28. The summed E-state index contributed by atoms with van der Waals surface area (Å²) in [5, 5.41) is 4.97. The minimum atomic E-state index is -0.485. The molecule has 9 aromatic rings. The largest absolute Gasteiger partial charge is 0.310 e. The minimum Gasteiger partial charge on any atom is -0.310 e. The molecule has 0 N–H and O–H groups in total. The summed E-state index contributed by atoms with van der Waals surface area (Å²) in [4.78, 5) is 2.52. The first-order valence-corrected chi connectivity index (χ1v) is 20.5. The SMILES string of the molecule is CCC1(CC)c2ccccc2-c2ccc(N(c3ccc4c(c3)-c3cc5ccccc5cc3C4(c3ccccc3)c3ccccc3)c3cccc4ccccc34)cc21. The van der Waals surface area contributed by atoms with Gasteiger partial charge in [0.2, 0.25) is 0 Å². The maximum absolute atomic E-state index is 2.52. The molecule has 2 aliphatic carbocycles. The van der Waals surface area contributed by atoms with Crippen LogP contribution in [0.2, 0.25) is 0 Å². The van der Waals surface area contributed by atoms with E-state index in [4.69, 9.17) is 0 Å². The van der Waals surface area contributed by atoms with Crippen LogP contribution < -0.4 is 4.90 Å². The Bertz CT molecular complexity index is 2940.